The first-order valence-corrected chi connectivity index (χ1v) is 16.3. The molecule has 0 aliphatic heterocycles. The molecule has 6 rings (SSSR count). The summed E-state index contributed by atoms with van der Waals surface area (Å²) in [6.07, 6.45) is 0.965. The molecular weight excluding hydrogens is 699 g/mol. The van der Waals surface area contributed by atoms with Gasteiger partial charge in [0.2, 0.25) is 5.78 Å². The van der Waals surface area contributed by atoms with E-state index in [1.807, 2.05) is 0 Å². The number of nitrogens with zero attached hydrogens (tertiary/aromatic N) is 3. The fourth-order valence-corrected chi connectivity index (χ4v) is 6.33. The molecule has 0 saturated carbocycles. The van der Waals surface area contributed by atoms with E-state index >= 15 is 0 Å². The van der Waals surface area contributed by atoms with E-state index in [1.165, 1.54) is 24.3 Å². The number of allylic oxidation sites excluding steroid dienone is 1. The molecule has 230 valence electrons. The third-order valence-electron chi connectivity index (χ3n) is 7.17. The summed E-state index contributed by atoms with van der Waals surface area (Å²) in [5.41, 5.74) is 11.6. The first kappa shape index (κ1) is 40.9. The average molecular weight is 721 g/mol. The summed E-state index contributed by atoms with van der Waals surface area (Å²) in [6, 6.07) is 27.4. The Hall–Kier alpha value is -2.54. The molecule has 0 unspecified atom stereocenters. The maximum absolute atomic E-state index is 12.9. The van der Waals surface area contributed by atoms with Gasteiger partial charge >= 0.3 is 88.7 Å². The molecule has 17 heteroatoms. The van der Waals surface area contributed by atoms with Crippen molar-refractivity contribution in [3.63, 3.8) is 0 Å². The van der Waals surface area contributed by atoms with Gasteiger partial charge in [0.15, 0.2) is 0 Å². The van der Waals surface area contributed by atoms with Crippen LogP contribution in [0.15, 0.2) is 129 Å². The zero-order valence-electron chi connectivity index (χ0n) is 26.5. The minimum absolute atomic E-state index is 0. The van der Waals surface area contributed by atoms with Gasteiger partial charge in [-0.05, 0) is 47.5 Å². The van der Waals surface area contributed by atoms with Crippen LogP contribution < -0.4 is 99.8 Å². The number of ketones is 1. The molecule has 0 heterocycles. The average Bonchev–Trinajstić information content (AvgIpc) is 3.04. The van der Waals surface area contributed by atoms with Crippen LogP contribution in [0.5, 0.6) is 0 Å². The maximum atomic E-state index is 12.9. The van der Waals surface area contributed by atoms with E-state index < -0.39 is 35.8 Å². The van der Waals surface area contributed by atoms with E-state index in [4.69, 9.17) is 5.73 Å². The summed E-state index contributed by atoms with van der Waals surface area (Å²) in [4.78, 5) is 11.9. The van der Waals surface area contributed by atoms with Crippen LogP contribution in [0.25, 0.3) is 26.8 Å². The van der Waals surface area contributed by atoms with Crippen molar-refractivity contribution in [3.05, 3.63) is 120 Å². The summed E-state index contributed by atoms with van der Waals surface area (Å²) < 4.78 is 71.0. The summed E-state index contributed by atoms with van der Waals surface area (Å²) in [7, 11) is -9.65. The molecule has 49 heavy (non-hydrogen) atoms. The van der Waals surface area contributed by atoms with E-state index in [2.05, 4.69) is 20.8 Å². The number of azo groups is 1. The number of hydrazone groups is 1. The number of rotatable bonds is 7. The second-order valence-electron chi connectivity index (χ2n) is 10.1. The molecule has 0 bridgehead atoms. The number of carbonyl (C=O) groups is 1. The Labute approximate surface area is 348 Å². The number of nitrogens with one attached hydrogen (secondary N) is 1. The first-order chi connectivity index (χ1) is 21.9. The second kappa shape index (κ2) is 16.7. The number of hydrogen-bond donors (Lipinski definition) is 2. The van der Waals surface area contributed by atoms with Crippen molar-refractivity contribution in [2.45, 2.75) is 4.90 Å². The quantitative estimate of drug-likeness (QED) is 0.0576. The summed E-state index contributed by atoms with van der Waals surface area (Å²) in [5.74, 6) is -0.525. The van der Waals surface area contributed by atoms with E-state index in [0.29, 0.717) is 16.8 Å². The Balaban J connectivity index is 0.00000217. The van der Waals surface area contributed by atoms with E-state index in [1.54, 1.807) is 72.8 Å². The third-order valence-corrected chi connectivity index (χ3v) is 8.92. The molecule has 0 spiro atoms. The van der Waals surface area contributed by atoms with Gasteiger partial charge in [0.1, 0.15) is 31.6 Å². The molecule has 3 N–H and O–H groups in total. The number of hydrogen-bond acceptors (Lipinski definition) is 12. The molecule has 12 nitrogen and oxygen atoms in total. The molecular formula is C32H21N5Na3O7S2+. The van der Waals surface area contributed by atoms with Crippen LogP contribution in [0, 0.1) is 0 Å². The summed E-state index contributed by atoms with van der Waals surface area (Å²) in [5, 5.41) is 12.9. The molecule has 1 aliphatic rings. The minimum atomic E-state index is -4.85. The topological polar surface area (TPSA) is 207 Å². The predicted molar refractivity (Wildman–Crippen MR) is 172 cm³/mol. The van der Waals surface area contributed by atoms with Gasteiger partial charge in [-0.15, -0.1) is 5.11 Å². The Kier molecular flexibility index (Phi) is 13.9. The standard InChI is InChI=1S/C32H23N5O7S2.3Na/c33-31-25-7-3-1-5-23(25)29(45(39,40)41)17-27(31)36-34-21-13-9-19(10-14-21)20-11-15-22(16-12-20)35-37-28-18-30(46(42,43)44)24-6-2-4-8-26(24)32(28)38;;;/h1-18,35H,33H2,(H,39,40,41)(H,42,43,44);;;/q;3*+1/p-2/b36-34?,37-28-;;;. The monoisotopic (exact) mass is 720 g/mol. The van der Waals surface area contributed by atoms with Gasteiger partial charge in [-0.1, -0.05) is 72.8 Å². The summed E-state index contributed by atoms with van der Waals surface area (Å²) in [6.45, 7) is 0. The largest absolute Gasteiger partial charge is 1.00 e. The van der Waals surface area contributed by atoms with Crippen LogP contribution in [0.1, 0.15) is 15.9 Å². The van der Waals surface area contributed by atoms with Crippen LogP contribution in [0.2, 0.25) is 0 Å². The zero-order chi connectivity index (χ0) is 32.6. The van der Waals surface area contributed by atoms with Crippen molar-refractivity contribution < 1.29 is 119 Å². The van der Waals surface area contributed by atoms with Crippen LogP contribution in [-0.4, -0.2) is 37.4 Å². The minimum Gasteiger partial charge on any atom is -0.744 e. The van der Waals surface area contributed by atoms with Gasteiger partial charge in [-0.2, -0.15) is 10.2 Å². The van der Waals surface area contributed by atoms with E-state index in [0.717, 1.165) is 23.3 Å². The van der Waals surface area contributed by atoms with E-state index in [9.17, 15) is 30.7 Å². The SMILES string of the molecule is Nc1c(N=Nc2ccc(-c3ccc(N/N=C4/C=C(S(=O)(=O)[O-])c5ccccc5C4=O)cc3)cc2)cc(S(=O)(=O)[O-])c2ccccc12.[Na+].[Na+].[Na+]. The van der Waals surface area contributed by atoms with Crippen molar-refractivity contribution in [1.82, 2.24) is 0 Å². The number of Topliss-reactive ketones (excluding diaryl/α,β-unsaturated/α-hetero) is 1. The number of benzene rings is 5. The maximum Gasteiger partial charge on any atom is 1.00 e. The Morgan fingerprint density at radius 3 is 1.80 bits per heavy atom. The van der Waals surface area contributed by atoms with Crippen molar-refractivity contribution in [2.75, 3.05) is 11.2 Å². The van der Waals surface area contributed by atoms with Gasteiger partial charge in [0, 0.05) is 21.9 Å². The van der Waals surface area contributed by atoms with Gasteiger partial charge in [0.05, 0.1) is 26.9 Å². The van der Waals surface area contributed by atoms with E-state index in [-0.39, 0.29) is 122 Å². The van der Waals surface area contributed by atoms with Crippen molar-refractivity contribution in [2.24, 2.45) is 15.3 Å². The van der Waals surface area contributed by atoms with Crippen LogP contribution in [-0.2, 0) is 20.2 Å². The number of nitrogens with two attached hydrogens (primary N) is 1. The zero-order valence-corrected chi connectivity index (χ0v) is 34.1. The van der Waals surface area contributed by atoms with Gasteiger partial charge in [0.25, 0.3) is 0 Å². The molecule has 0 aromatic heterocycles. The number of anilines is 2. The molecule has 5 aromatic carbocycles. The van der Waals surface area contributed by atoms with Crippen LogP contribution >= 0.6 is 0 Å². The number of fused-ring (bicyclic) bond motifs is 2. The Morgan fingerprint density at radius 2 is 1.20 bits per heavy atom. The fraction of sp³-hybridized carbons (Fsp3) is 0. The van der Waals surface area contributed by atoms with Crippen molar-refractivity contribution in [1.29, 1.82) is 0 Å². The number of carbonyl (C=O) groups excluding carboxylic acids is 1. The Morgan fingerprint density at radius 1 is 0.653 bits per heavy atom. The molecule has 0 saturated heterocycles. The molecule has 0 radical (unpaired) electrons. The molecule has 0 amide bonds. The fourth-order valence-electron chi connectivity index (χ4n) is 4.93. The normalized spacial score (nSPS) is 13.6. The van der Waals surface area contributed by atoms with Crippen LogP contribution in [0.4, 0.5) is 22.7 Å². The van der Waals surface area contributed by atoms with Crippen LogP contribution in [0.3, 0.4) is 0 Å². The third kappa shape index (κ3) is 9.04. The molecule has 0 atom stereocenters. The van der Waals surface area contributed by atoms with Gasteiger partial charge < -0.3 is 14.8 Å². The molecule has 1 aliphatic carbocycles. The van der Waals surface area contributed by atoms with Gasteiger partial charge in [-0.3, -0.25) is 10.2 Å². The van der Waals surface area contributed by atoms with Gasteiger partial charge in [-0.25, -0.2) is 16.8 Å². The summed E-state index contributed by atoms with van der Waals surface area (Å²) >= 11 is 0. The van der Waals surface area contributed by atoms with Crippen molar-refractivity contribution >= 4 is 70.2 Å². The predicted octanol–water partition coefficient (Wildman–Crippen LogP) is -3.03. The van der Waals surface area contributed by atoms with Crippen molar-refractivity contribution in [3.8, 4) is 11.1 Å². The molecule has 5 aromatic rings. The smallest absolute Gasteiger partial charge is 0.744 e. The first-order valence-electron chi connectivity index (χ1n) is 13.4. The number of nitrogen functional groups attached to an aromatic ring is 1. The second-order valence-corrected chi connectivity index (χ2v) is 12.8. The molecule has 0 fully saturated rings. The Bertz CT molecular complexity index is 2370.